The smallest absolute Gasteiger partial charge is 0.255 e. The van der Waals surface area contributed by atoms with Gasteiger partial charge in [0.05, 0.1) is 36.7 Å². The highest BCUT2D eigenvalue weighted by molar-refractivity contribution is 5.95. The van der Waals surface area contributed by atoms with Crippen molar-refractivity contribution in [3.63, 3.8) is 0 Å². The van der Waals surface area contributed by atoms with Crippen LogP contribution in [0, 0.1) is 5.92 Å². The fourth-order valence-corrected chi connectivity index (χ4v) is 4.47. The first-order chi connectivity index (χ1) is 13.7. The third-order valence-electron chi connectivity index (χ3n) is 6.16. The maximum absolute atomic E-state index is 13.1. The fraction of sp³-hybridized carbons (Fsp3) is 0.571. The van der Waals surface area contributed by atoms with Crippen LogP contribution in [0.2, 0.25) is 0 Å². The summed E-state index contributed by atoms with van der Waals surface area (Å²) in [6, 6.07) is 3.54. The van der Waals surface area contributed by atoms with Gasteiger partial charge in [0.1, 0.15) is 0 Å². The predicted octanol–water partition coefficient (Wildman–Crippen LogP) is 3.10. The molecule has 2 aromatic heterocycles. The Labute approximate surface area is 164 Å². The Morgan fingerprint density at radius 1 is 1.25 bits per heavy atom. The second-order valence-electron chi connectivity index (χ2n) is 8.00. The number of nitrogens with zero attached hydrogens (tertiary/aromatic N) is 2. The minimum atomic E-state index is -0.290. The van der Waals surface area contributed by atoms with Gasteiger partial charge in [0.25, 0.3) is 5.91 Å². The molecule has 0 spiro atoms. The molecule has 1 atom stereocenters. The molecule has 0 saturated heterocycles. The van der Waals surface area contributed by atoms with Crippen molar-refractivity contribution in [3.8, 4) is 5.88 Å². The van der Waals surface area contributed by atoms with Crippen LogP contribution in [0.25, 0.3) is 0 Å². The van der Waals surface area contributed by atoms with Crippen LogP contribution in [-0.4, -0.2) is 39.4 Å². The lowest BCUT2D eigenvalue weighted by molar-refractivity contribution is 0.0234. The monoisotopic (exact) mass is 384 g/mol. The summed E-state index contributed by atoms with van der Waals surface area (Å²) in [6.07, 6.45) is 10.3. The van der Waals surface area contributed by atoms with E-state index in [2.05, 4.69) is 20.5 Å². The van der Waals surface area contributed by atoms with Gasteiger partial charge in [0, 0.05) is 18.2 Å². The van der Waals surface area contributed by atoms with Gasteiger partial charge in [-0.2, -0.15) is 5.10 Å². The lowest BCUT2D eigenvalue weighted by Gasteiger charge is -2.38. The maximum atomic E-state index is 13.1. The van der Waals surface area contributed by atoms with E-state index in [0.717, 1.165) is 24.1 Å². The van der Waals surface area contributed by atoms with Crippen molar-refractivity contribution < 1.29 is 14.6 Å². The molecular formula is C21H28N4O3. The molecule has 0 aliphatic heterocycles. The first kappa shape index (κ1) is 18.9. The van der Waals surface area contributed by atoms with E-state index in [1.54, 1.807) is 25.6 Å². The molecule has 0 bridgehead atoms. The van der Waals surface area contributed by atoms with Crippen molar-refractivity contribution in [2.75, 3.05) is 7.11 Å². The number of aromatic amines is 1. The fourth-order valence-electron chi connectivity index (χ4n) is 4.47. The van der Waals surface area contributed by atoms with Gasteiger partial charge in [-0.15, -0.1) is 0 Å². The van der Waals surface area contributed by atoms with E-state index in [1.807, 2.05) is 6.07 Å². The Balaban J connectivity index is 1.53. The number of nitrogens with one attached hydrogen (secondary N) is 2. The highest BCUT2D eigenvalue weighted by Crippen LogP contribution is 2.39. The zero-order valence-corrected chi connectivity index (χ0v) is 16.2. The maximum Gasteiger partial charge on any atom is 0.255 e. The number of ether oxygens (including phenoxy) is 1. The molecule has 2 aromatic rings. The Kier molecular flexibility index (Phi) is 5.62. The zero-order chi connectivity index (χ0) is 19.5. The molecule has 0 aromatic carbocycles. The van der Waals surface area contributed by atoms with Crippen molar-refractivity contribution in [2.24, 2.45) is 5.92 Å². The minimum absolute atomic E-state index is 0.114. The second-order valence-corrected chi connectivity index (χ2v) is 8.00. The molecule has 2 aliphatic carbocycles. The summed E-state index contributed by atoms with van der Waals surface area (Å²) in [5.41, 5.74) is 2.52. The molecule has 7 heteroatoms. The molecule has 1 unspecified atom stereocenters. The van der Waals surface area contributed by atoms with Crippen LogP contribution in [0.3, 0.4) is 0 Å². The van der Waals surface area contributed by atoms with Crippen molar-refractivity contribution in [1.29, 1.82) is 0 Å². The summed E-state index contributed by atoms with van der Waals surface area (Å²) in [4.78, 5) is 17.4. The van der Waals surface area contributed by atoms with Gasteiger partial charge in [-0.3, -0.25) is 9.89 Å². The van der Waals surface area contributed by atoms with E-state index >= 15 is 0 Å². The molecule has 2 heterocycles. The molecule has 2 saturated carbocycles. The van der Waals surface area contributed by atoms with E-state index in [4.69, 9.17) is 4.74 Å². The van der Waals surface area contributed by atoms with E-state index < -0.39 is 0 Å². The highest BCUT2D eigenvalue weighted by atomic mass is 16.5. The topological polar surface area (TPSA) is 100 Å². The average Bonchev–Trinajstić information content (AvgIpc) is 3.21. The molecule has 4 rings (SSSR count). The number of carbonyl (C=O) groups excluding carboxylic acids is 1. The SMILES string of the molecule is COc1ccc(C(NC(=O)c2cn[nH]c2C2CCCCC2)C2CC(O)C2)cn1. The lowest BCUT2D eigenvalue weighted by atomic mass is 9.75. The van der Waals surface area contributed by atoms with Gasteiger partial charge in [-0.05, 0) is 37.2 Å². The first-order valence-electron chi connectivity index (χ1n) is 10.2. The third-order valence-corrected chi connectivity index (χ3v) is 6.16. The second kappa shape index (κ2) is 8.31. The van der Waals surface area contributed by atoms with Crippen molar-refractivity contribution in [2.45, 2.75) is 63.0 Å². The number of aliphatic hydroxyl groups is 1. The Hall–Kier alpha value is -2.41. The van der Waals surface area contributed by atoms with Gasteiger partial charge in [0.15, 0.2) is 0 Å². The summed E-state index contributed by atoms with van der Waals surface area (Å²) in [7, 11) is 1.58. The molecule has 2 fully saturated rings. The predicted molar refractivity (Wildman–Crippen MR) is 104 cm³/mol. The van der Waals surface area contributed by atoms with Crippen LogP contribution in [0.15, 0.2) is 24.5 Å². The molecule has 1 amide bonds. The molecule has 2 aliphatic rings. The molecule has 0 radical (unpaired) electrons. The van der Waals surface area contributed by atoms with Gasteiger partial charge in [0.2, 0.25) is 5.88 Å². The molecule has 7 nitrogen and oxygen atoms in total. The largest absolute Gasteiger partial charge is 0.481 e. The van der Waals surface area contributed by atoms with Gasteiger partial charge in [-0.25, -0.2) is 4.98 Å². The zero-order valence-electron chi connectivity index (χ0n) is 16.2. The van der Waals surface area contributed by atoms with Crippen molar-refractivity contribution in [1.82, 2.24) is 20.5 Å². The van der Waals surface area contributed by atoms with Crippen LogP contribution in [0.4, 0.5) is 0 Å². The normalized spacial score (nSPS) is 23.6. The van der Waals surface area contributed by atoms with Crippen LogP contribution in [0.5, 0.6) is 5.88 Å². The number of aromatic nitrogens is 3. The Morgan fingerprint density at radius 2 is 2.04 bits per heavy atom. The summed E-state index contributed by atoms with van der Waals surface area (Å²) in [5.74, 6) is 0.997. The highest BCUT2D eigenvalue weighted by Gasteiger charge is 2.36. The standard InChI is InChI=1S/C21H28N4O3/c1-28-18-8-7-14(11-22-18)19(15-9-16(26)10-15)24-21(27)17-12-23-25-20(17)13-5-3-2-4-6-13/h7-8,11-13,15-16,19,26H,2-6,9-10H2,1H3,(H,23,25)(H,24,27). The Morgan fingerprint density at radius 3 is 2.68 bits per heavy atom. The van der Waals surface area contributed by atoms with E-state index in [9.17, 15) is 9.90 Å². The number of H-pyrrole nitrogens is 1. The molecule has 150 valence electrons. The van der Waals surface area contributed by atoms with Crippen molar-refractivity contribution >= 4 is 5.91 Å². The summed E-state index contributed by atoms with van der Waals surface area (Å²) < 4.78 is 5.14. The number of hydrogen-bond acceptors (Lipinski definition) is 5. The van der Waals surface area contributed by atoms with Crippen LogP contribution < -0.4 is 10.1 Å². The number of pyridine rings is 1. The molecule has 3 N–H and O–H groups in total. The summed E-state index contributed by atoms with van der Waals surface area (Å²) in [6.45, 7) is 0. The number of methoxy groups -OCH3 is 1. The summed E-state index contributed by atoms with van der Waals surface area (Å²) in [5, 5.41) is 20.2. The Bertz CT molecular complexity index is 792. The average molecular weight is 384 g/mol. The number of rotatable bonds is 6. The number of hydrogen-bond donors (Lipinski definition) is 3. The van der Waals surface area contributed by atoms with E-state index in [1.165, 1.54) is 19.3 Å². The minimum Gasteiger partial charge on any atom is -0.481 e. The summed E-state index contributed by atoms with van der Waals surface area (Å²) >= 11 is 0. The number of amides is 1. The number of carbonyl (C=O) groups is 1. The quantitative estimate of drug-likeness (QED) is 0.711. The van der Waals surface area contributed by atoms with Crippen molar-refractivity contribution in [3.05, 3.63) is 41.3 Å². The van der Waals surface area contributed by atoms with Crippen LogP contribution in [0.1, 0.15) is 78.5 Å². The molecule has 28 heavy (non-hydrogen) atoms. The van der Waals surface area contributed by atoms with Crippen LogP contribution in [-0.2, 0) is 0 Å². The van der Waals surface area contributed by atoms with E-state index in [0.29, 0.717) is 30.2 Å². The van der Waals surface area contributed by atoms with Crippen LogP contribution >= 0.6 is 0 Å². The number of aliphatic hydroxyl groups excluding tert-OH is 1. The van der Waals surface area contributed by atoms with Gasteiger partial charge in [-0.1, -0.05) is 25.3 Å². The third kappa shape index (κ3) is 3.90. The van der Waals surface area contributed by atoms with Gasteiger partial charge >= 0.3 is 0 Å². The van der Waals surface area contributed by atoms with Gasteiger partial charge < -0.3 is 15.2 Å². The first-order valence-corrected chi connectivity index (χ1v) is 10.2. The lowest BCUT2D eigenvalue weighted by Crippen LogP contribution is -2.41. The van der Waals surface area contributed by atoms with E-state index in [-0.39, 0.29) is 24.0 Å². The molecular weight excluding hydrogens is 356 g/mol.